The van der Waals surface area contributed by atoms with Crippen LogP contribution < -0.4 is 11.1 Å². The van der Waals surface area contributed by atoms with Crippen LogP contribution in [0.15, 0.2) is 29.2 Å². The molecule has 0 saturated heterocycles. The van der Waals surface area contributed by atoms with Crippen molar-refractivity contribution >= 4 is 23.4 Å². The van der Waals surface area contributed by atoms with E-state index in [4.69, 9.17) is 5.73 Å². The lowest BCUT2D eigenvalue weighted by Crippen LogP contribution is -2.26. The van der Waals surface area contributed by atoms with E-state index in [2.05, 4.69) is 5.32 Å². The number of nitrogens with one attached hydrogen (secondary N) is 1. The summed E-state index contributed by atoms with van der Waals surface area (Å²) in [4.78, 5) is 12.7. The molecule has 4 heteroatoms. The van der Waals surface area contributed by atoms with Crippen molar-refractivity contribution in [1.29, 1.82) is 0 Å². The highest BCUT2D eigenvalue weighted by atomic mass is 32.2. The standard InChI is InChI=1S/C12H18N2OS/c1-3-9(13)7-12(15)14-10-5-4-6-11(8-10)16-2/h4-6,8-9H,3,7,13H2,1-2H3,(H,14,15). The summed E-state index contributed by atoms with van der Waals surface area (Å²) in [6.45, 7) is 1.98. The number of hydrogen-bond donors (Lipinski definition) is 2. The first-order valence-corrected chi connectivity index (χ1v) is 6.57. The van der Waals surface area contributed by atoms with Crippen molar-refractivity contribution in [2.75, 3.05) is 11.6 Å². The van der Waals surface area contributed by atoms with Gasteiger partial charge in [0.1, 0.15) is 0 Å². The summed E-state index contributed by atoms with van der Waals surface area (Å²) in [5.41, 5.74) is 6.55. The molecule has 0 radical (unpaired) electrons. The van der Waals surface area contributed by atoms with Gasteiger partial charge in [0.15, 0.2) is 0 Å². The molecular formula is C12H18N2OS. The van der Waals surface area contributed by atoms with E-state index in [0.717, 1.165) is 17.0 Å². The summed E-state index contributed by atoms with van der Waals surface area (Å²) >= 11 is 1.65. The highest BCUT2D eigenvalue weighted by Gasteiger charge is 2.07. The average Bonchev–Trinajstić information content (AvgIpc) is 2.28. The molecule has 1 unspecified atom stereocenters. The molecule has 0 bridgehead atoms. The van der Waals surface area contributed by atoms with E-state index in [0.29, 0.717) is 6.42 Å². The first-order valence-electron chi connectivity index (χ1n) is 5.35. The number of carbonyl (C=O) groups is 1. The molecule has 1 atom stereocenters. The lowest BCUT2D eigenvalue weighted by atomic mass is 10.1. The van der Waals surface area contributed by atoms with E-state index in [1.165, 1.54) is 0 Å². The second-order valence-corrected chi connectivity index (χ2v) is 4.53. The van der Waals surface area contributed by atoms with E-state index in [-0.39, 0.29) is 11.9 Å². The summed E-state index contributed by atoms with van der Waals surface area (Å²) in [6, 6.07) is 7.73. The molecule has 3 nitrogen and oxygen atoms in total. The molecule has 0 aliphatic carbocycles. The Morgan fingerprint density at radius 3 is 2.94 bits per heavy atom. The first-order chi connectivity index (χ1) is 7.65. The number of thioether (sulfide) groups is 1. The Bertz CT molecular complexity index is 355. The van der Waals surface area contributed by atoms with E-state index >= 15 is 0 Å². The SMILES string of the molecule is CCC(N)CC(=O)Nc1cccc(SC)c1. The summed E-state index contributed by atoms with van der Waals surface area (Å²) in [7, 11) is 0. The zero-order chi connectivity index (χ0) is 12.0. The maximum Gasteiger partial charge on any atom is 0.225 e. The molecule has 0 aromatic heterocycles. The Hall–Kier alpha value is -1.00. The Morgan fingerprint density at radius 2 is 2.31 bits per heavy atom. The summed E-state index contributed by atoms with van der Waals surface area (Å²) in [5.74, 6) is -0.0207. The van der Waals surface area contributed by atoms with Crippen LogP contribution >= 0.6 is 11.8 Å². The lowest BCUT2D eigenvalue weighted by molar-refractivity contribution is -0.116. The van der Waals surface area contributed by atoms with Crippen LogP contribution in [-0.2, 0) is 4.79 Å². The molecule has 0 spiro atoms. The van der Waals surface area contributed by atoms with Gasteiger partial charge < -0.3 is 11.1 Å². The Labute approximate surface area is 101 Å². The van der Waals surface area contributed by atoms with Crippen LogP contribution in [0.4, 0.5) is 5.69 Å². The van der Waals surface area contributed by atoms with Crippen LogP contribution in [0.2, 0.25) is 0 Å². The summed E-state index contributed by atoms with van der Waals surface area (Å²) < 4.78 is 0. The molecule has 1 aromatic rings. The van der Waals surface area contributed by atoms with Crippen molar-refractivity contribution in [1.82, 2.24) is 0 Å². The van der Waals surface area contributed by atoms with Crippen LogP contribution in [0.1, 0.15) is 19.8 Å². The number of hydrogen-bond acceptors (Lipinski definition) is 3. The maximum absolute atomic E-state index is 11.6. The molecule has 1 aromatic carbocycles. The number of benzene rings is 1. The molecule has 1 rings (SSSR count). The molecule has 0 saturated carbocycles. The highest BCUT2D eigenvalue weighted by molar-refractivity contribution is 7.98. The van der Waals surface area contributed by atoms with Crippen LogP contribution in [-0.4, -0.2) is 18.2 Å². The monoisotopic (exact) mass is 238 g/mol. The number of anilines is 1. The Balaban J connectivity index is 2.55. The number of nitrogens with two attached hydrogens (primary N) is 1. The van der Waals surface area contributed by atoms with Gasteiger partial charge in [0.25, 0.3) is 0 Å². The topological polar surface area (TPSA) is 55.1 Å². The highest BCUT2D eigenvalue weighted by Crippen LogP contribution is 2.19. The predicted octanol–water partition coefficient (Wildman–Crippen LogP) is 2.47. The Morgan fingerprint density at radius 1 is 1.56 bits per heavy atom. The largest absolute Gasteiger partial charge is 0.327 e. The molecule has 1 amide bonds. The average molecular weight is 238 g/mol. The van der Waals surface area contributed by atoms with Crippen molar-refractivity contribution < 1.29 is 4.79 Å². The molecular weight excluding hydrogens is 220 g/mol. The van der Waals surface area contributed by atoms with E-state index in [1.807, 2.05) is 37.4 Å². The fraction of sp³-hybridized carbons (Fsp3) is 0.417. The normalized spacial score (nSPS) is 12.2. The van der Waals surface area contributed by atoms with Gasteiger partial charge in [0.05, 0.1) is 0 Å². The van der Waals surface area contributed by atoms with Gasteiger partial charge in [-0.25, -0.2) is 0 Å². The van der Waals surface area contributed by atoms with E-state index in [9.17, 15) is 4.79 Å². The second kappa shape index (κ2) is 6.55. The summed E-state index contributed by atoms with van der Waals surface area (Å²) in [6.07, 6.45) is 3.20. The number of carbonyl (C=O) groups excluding carboxylic acids is 1. The third-order valence-corrected chi connectivity index (χ3v) is 3.05. The summed E-state index contributed by atoms with van der Waals surface area (Å²) in [5, 5.41) is 2.85. The minimum atomic E-state index is -0.0521. The fourth-order valence-corrected chi connectivity index (χ4v) is 1.75. The van der Waals surface area contributed by atoms with Crippen LogP contribution in [0.5, 0.6) is 0 Å². The Kier molecular flexibility index (Phi) is 5.35. The first kappa shape index (κ1) is 13.1. The molecule has 88 valence electrons. The minimum Gasteiger partial charge on any atom is -0.327 e. The van der Waals surface area contributed by atoms with E-state index < -0.39 is 0 Å². The van der Waals surface area contributed by atoms with Crippen molar-refractivity contribution in [2.24, 2.45) is 5.73 Å². The van der Waals surface area contributed by atoms with Crippen molar-refractivity contribution in [3.05, 3.63) is 24.3 Å². The number of amides is 1. The van der Waals surface area contributed by atoms with Crippen LogP contribution in [0.3, 0.4) is 0 Å². The van der Waals surface area contributed by atoms with Gasteiger partial charge in [-0.2, -0.15) is 0 Å². The second-order valence-electron chi connectivity index (χ2n) is 3.65. The van der Waals surface area contributed by atoms with E-state index in [1.54, 1.807) is 11.8 Å². The van der Waals surface area contributed by atoms with Crippen molar-refractivity contribution in [2.45, 2.75) is 30.7 Å². The zero-order valence-corrected chi connectivity index (χ0v) is 10.5. The van der Waals surface area contributed by atoms with Crippen LogP contribution in [0.25, 0.3) is 0 Å². The quantitative estimate of drug-likeness (QED) is 0.775. The molecule has 0 aliphatic heterocycles. The predicted molar refractivity (Wildman–Crippen MR) is 69.7 cm³/mol. The zero-order valence-electron chi connectivity index (χ0n) is 9.69. The fourth-order valence-electron chi connectivity index (χ4n) is 1.30. The molecule has 3 N–H and O–H groups in total. The van der Waals surface area contributed by atoms with Crippen molar-refractivity contribution in [3.8, 4) is 0 Å². The molecule has 0 heterocycles. The molecule has 0 fully saturated rings. The van der Waals surface area contributed by atoms with Crippen LogP contribution in [0, 0.1) is 0 Å². The van der Waals surface area contributed by atoms with Gasteiger partial charge in [0.2, 0.25) is 5.91 Å². The van der Waals surface area contributed by atoms with Gasteiger partial charge in [-0.05, 0) is 30.9 Å². The molecule has 0 aliphatic rings. The maximum atomic E-state index is 11.6. The number of rotatable bonds is 5. The van der Waals surface area contributed by atoms with Gasteiger partial charge in [-0.15, -0.1) is 11.8 Å². The van der Waals surface area contributed by atoms with Gasteiger partial charge in [0, 0.05) is 23.0 Å². The van der Waals surface area contributed by atoms with Gasteiger partial charge in [-0.3, -0.25) is 4.79 Å². The third kappa shape index (κ3) is 4.24. The van der Waals surface area contributed by atoms with Gasteiger partial charge in [-0.1, -0.05) is 13.0 Å². The van der Waals surface area contributed by atoms with Gasteiger partial charge >= 0.3 is 0 Å². The third-order valence-electron chi connectivity index (χ3n) is 2.33. The smallest absolute Gasteiger partial charge is 0.225 e. The minimum absolute atomic E-state index is 0.0207. The molecule has 16 heavy (non-hydrogen) atoms. The lowest BCUT2D eigenvalue weighted by Gasteiger charge is -2.09. The van der Waals surface area contributed by atoms with Crippen molar-refractivity contribution in [3.63, 3.8) is 0 Å².